The molecule has 1 aliphatic carbocycles. The van der Waals surface area contributed by atoms with Crippen LogP contribution in [0.15, 0.2) is 12.3 Å². The third kappa shape index (κ3) is 3.22. The van der Waals surface area contributed by atoms with Gasteiger partial charge in [-0.2, -0.15) is 0 Å². The van der Waals surface area contributed by atoms with Gasteiger partial charge in [0, 0.05) is 18.4 Å². The van der Waals surface area contributed by atoms with Gasteiger partial charge < -0.3 is 15.8 Å². The average molecular weight is 291 g/mol. The number of nitrogens with one attached hydrogen (secondary N) is 1. The minimum Gasteiger partial charge on any atom is -0.383 e. The Morgan fingerprint density at radius 1 is 1.48 bits per heavy atom. The van der Waals surface area contributed by atoms with Crippen LogP contribution >= 0.6 is 0 Å². The standard InChI is InChI=1S/C17H29N3O/c1-5-21-17(9-6-12(2)7-10-17)15(19-4)14-13(3)8-11-20-16(14)18/h8,11-12,15,19H,5-7,9-10H2,1-4H3,(H2,18,20). The molecule has 21 heavy (non-hydrogen) atoms. The van der Waals surface area contributed by atoms with E-state index in [1.54, 1.807) is 6.20 Å². The first-order valence-corrected chi connectivity index (χ1v) is 8.06. The highest BCUT2D eigenvalue weighted by Gasteiger charge is 2.43. The van der Waals surface area contributed by atoms with Crippen LogP contribution in [0, 0.1) is 12.8 Å². The van der Waals surface area contributed by atoms with Gasteiger partial charge in [0.2, 0.25) is 0 Å². The minimum absolute atomic E-state index is 0.0960. The maximum Gasteiger partial charge on any atom is 0.128 e. The molecule has 4 nitrogen and oxygen atoms in total. The van der Waals surface area contributed by atoms with Crippen LogP contribution in [0.25, 0.3) is 0 Å². The number of likely N-dealkylation sites (N-methyl/N-ethyl adjacent to an activating group) is 1. The number of nitrogen functional groups attached to an aromatic ring is 1. The van der Waals surface area contributed by atoms with Crippen LogP contribution in [0.3, 0.4) is 0 Å². The van der Waals surface area contributed by atoms with Crippen LogP contribution in [0.1, 0.15) is 56.7 Å². The van der Waals surface area contributed by atoms with Crippen molar-refractivity contribution in [3.8, 4) is 0 Å². The van der Waals surface area contributed by atoms with Gasteiger partial charge in [-0.05, 0) is 64.1 Å². The summed E-state index contributed by atoms with van der Waals surface area (Å²) in [6.45, 7) is 7.23. The highest BCUT2D eigenvalue weighted by atomic mass is 16.5. The molecule has 1 heterocycles. The van der Waals surface area contributed by atoms with Crippen molar-refractivity contribution in [3.05, 3.63) is 23.4 Å². The Morgan fingerprint density at radius 3 is 2.67 bits per heavy atom. The van der Waals surface area contributed by atoms with E-state index < -0.39 is 0 Å². The lowest BCUT2D eigenvalue weighted by Gasteiger charge is -2.45. The van der Waals surface area contributed by atoms with E-state index in [1.165, 1.54) is 18.4 Å². The second-order valence-electron chi connectivity index (χ2n) is 6.33. The third-order valence-corrected chi connectivity index (χ3v) is 4.89. The highest BCUT2D eigenvalue weighted by molar-refractivity contribution is 5.47. The molecular weight excluding hydrogens is 262 g/mol. The molecule has 1 aromatic rings. The molecule has 0 amide bonds. The summed E-state index contributed by atoms with van der Waals surface area (Å²) in [7, 11) is 2.00. The molecule has 0 saturated heterocycles. The van der Waals surface area contributed by atoms with Crippen LogP contribution in [0.2, 0.25) is 0 Å². The lowest BCUT2D eigenvalue weighted by Crippen LogP contribution is -2.48. The molecule has 1 atom stereocenters. The summed E-state index contributed by atoms with van der Waals surface area (Å²) in [4.78, 5) is 4.29. The van der Waals surface area contributed by atoms with E-state index >= 15 is 0 Å². The Bertz CT molecular complexity index is 447. The van der Waals surface area contributed by atoms with E-state index in [9.17, 15) is 0 Å². The summed E-state index contributed by atoms with van der Waals surface area (Å²) in [5, 5.41) is 3.47. The number of aromatic nitrogens is 1. The van der Waals surface area contributed by atoms with Gasteiger partial charge in [-0.1, -0.05) is 6.92 Å². The van der Waals surface area contributed by atoms with Crippen molar-refractivity contribution >= 4 is 5.82 Å². The maximum absolute atomic E-state index is 6.29. The third-order valence-electron chi connectivity index (χ3n) is 4.89. The number of rotatable bonds is 5. The van der Waals surface area contributed by atoms with Crippen LogP contribution in [-0.2, 0) is 4.74 Å². The van der Waals surface area contributed by atoms with Crippen molar-refractivity contribution in [1.82, 2.24) is 10.3 Å². The number of hydrogen-bond donors (Lipinski definition) is 2. The fraction of sp³-hybridized carbons (Fsp3) is 0.706. The van der Waals surface area contributed by atoms with E-state index in [-0.39, 0.29) is 11.6 Å². The van der Waals surface area contributed by atoms with E-state index in [4.69, 9.17) is 10.5 Å². The minimum atomic E-state index is -0.169. The molecule has 118 valence electrons. The molecule has 4 heteroatoms. The summed E-state index contributed by atoms with van der Waals surface area (Å²) in [6, 6.07) is 2.12. The van der Waals surface area contributed by atoms with Crippen molar-refractivity contribution in [1.29, 1.82) is 0 Å². The Hall–Kier alpha value is -1.13. The lowest BCUT2D eigenvalue weighted by molar-refractivity contribution is -0.0962. The zero-order valence-corrected chi connectivity index (χ0v) is 13.8. The number of nitrogens with zero attached hydrogens (tertiary/aromatic N) is 1. The van der Waals surface area contributed by atoms with Crippen molar-refractivity contribution in [2.24, 2.45) is 5.92 Å². The van der Waals surface area contributed by atoms with Gasteiger partial charge in [-0.3, -0.25) is 0 Å². The number of nitrogens with two attached hydrogens (primary N) is 1. The predicted octanol–water partition coefficient (Wildman–Crippen LogP) is 3.22. The van der Waals surface area contributed by atoms with Crippen LogP contribution in [0.5, 0.6) is 0 Å². The number of aryl methyl sites for hydroxylation is 1. The van der Waals surface area contributed by atoms with Gasteiger partial charge in [0.25, 0.3) is 0 Å². The molecule has 0 aliphatic heterocycles. The van der Waals surface area contributed by atoms with Gasteiger partial charge in [0.15, 0.2) is 0 Å². The Balaban J connectivity index is 2.41. The molecule has 1 aromatic heterocycles. The average Bonchev–Trinajstić information content (AvgIpc) is 2.46. The van der Waals surface area contributed by atoms with Gasteiger partial charge in [0.05, 0.1) is 11.6 Å². The summed E-state index contributed by atoms with van der Waals surface area (Å²) in [5.74, 6) is 1.40. The molecule has 1 unspecified atom stereocenters. The first kappa shape index (κ1) is 16.2. The van der Waals surface area contributed by atoms with E-state index in [0.717, 1.165) is 30.9 Å². The summed E-state index contributed by atoms with van der Waals surface area (Å²) in [6.07, 6.45) is 6.33. The molecule has 3 N–H and O–H groups in total. The summed E-state index contributed by atoms with van der Waals surface area (Å²) < 4.78 is 6.29. The molecule has 1 aliphatic rings. The highest BCUT2D eigenvalue weighted by Crippen LogP contribution is 2.44. The molecule has 1 fully saturated rings. The largest absolute Gasteiger partial charge is 0.383 e. The van der Waals surface area contributed by atoms with Gasteiger partial charge >= 0.3 is 0 Å². The van der Waals surface area contributed by atoms with Crippen LogP contribution in [0.4, 0.5) is 5.82 Å². The van der Waals surface area contributed by atoms with Gasteiger partial charge in [0.1, 0.15) is 5.82 Å². The fourth-order valence-electron chi connectivity index (χ4n) is 3.69. The maximum atomic E-state index is 6.29. The van der Waals surface area contributed by atoms with Crippen molar-refractivity contribution in [2.45, 2.75) is 58.1 Å². The molecule has 1 saturated carbocycles. The Labute approximate surface area is 128 Å². The normalized spacial score (nSPS) is 27.5. The molecule has 0 radical (unpaired) electrons. The fourth-order valence-corrected chi connectivity index (χ4v) is 3.69. The first-order chi connectivity index (χ1) is 10.0. The molecule has 2 rings (SSSR count). The number of pyridine rings is 1. The van der Waals surface area contributed by atoms with Crippen LogP contribution in [-0.4, -0.2) is 24.2 Å². The molecule has 0 aromatic carbocycles. The number of hydrogen-bond acceptors (Lipinski definition) is 4. The van der Waals surface area contributed by atoms with E-state index in [2.05, 4.69) is 31.1 Å². The molecular formula is C17H29N3O. The quantitative estimate of drug-likeness (QED) is 0.874. The van der Waals surface area contributed by atoms with Gasteiger partial charge in [-0.15, -0.1) is 0 Å². The van der Waals surface area contributed by atoms with Crippen LogP contribution < -0.4 is 11.1 Å². The first-order valence-electron chi connectivity index (χ1n) is 8.06. The lowest BCUT2D eigenvalue weighted by atomic mass is 9.73. The van der Waals surface area contributed by atoms with E-state index in [0.29, 0.717) is 5.82 Å². The zero-order chi connectivity index (χ0) is 15.5. The SMILES string of the molecule is CCOC1(C(NC)c2c(C)ccnc2N)CCC(C)CC1. The number of anilines is 1. The number of ether oxygens (including phenoxy) is 1. The molecule has 0 spiro atoms. The van der Waals surface area contributed by atoms with Gasteiger partial charge in [-0.25, -0.2) is 4.98 Å². The van der Waals surface area contributed by atoms with E-state index in [1.807, 2.05) is 13.1 Å². The monoisotopic (exact) mass is 291 g/mol. The Morgan fingerprint density at radius 2 is 2.14 bits per heavy atom. The van der Waals surface area contributed by atoms with Crippen molar-refractivity contribution < 1.29 is 4.74 Å². The smallest absolute Gasteiger partial charge is 0.128 e. The molecule has 0 bridgehead atoms. The Kier molecular flexibility index (Phi) is 5.22. The topological polar surface area (TPSA) is 60.2 Å². The zero-order valence-electron chi connectivity index (χ0n) is 13.8. The van der Waals surface area contributed by atoms with Crippen molar-refractivity contribution in [2.75, 3.05) is 19.4 Å². The second kappa shape index (κ2) is 6.75. The second-order valence-corrected chi connectivity index (χ2v) is 6.33. The summed E-state index contributed by atoms with van der Waals surface area (Å²) >= 11 is 0. The predicted molar refractivity (Wildman–Crippen MR) is 87.2 cm³/mol. The van der Waals surface area contributed by atoms with Crippen molar-refractivity contribution in [3.63, 3.8) is 0 Å². The summed E-state index contributed by atoms with van der Waals surface area (Å²) in [5.41, 5.74) is 8.29.